The number of ether oxygens (including phenoxy) is 3. The number of nitrogens with zero attached hydrogens (tertiary/aromatic N) is 2. The average Bonchev–Trinajstić information content (AvgIpc) is 3.10. The summed E-state index contributed by atoms with van der Waals surface area (Å²) in [6.45, 7) is 1.52. The molecule has 2 aliphatic heterocycles. The number of carbonyl (C=O) groups excluding carboxylic acids is 2. The maximum atomic E-state index is 12.9. The van der Waals surface area contributed by atoms with E-state index in [1.807, 2.05) is 84.9 Å². The average molecular weight is 616 g/mol. The van der Waals surface area contributed by atoms with Gasteiger partial charge in [0, 0.05) is 44.0 Å². The Balaban J connectivity index is 1.10. The number of fused-ring (bicyclic) bond motifs is 1. The molecule has 2 heterocycles. The summed E-state index contributed by atoms with van der Waals surface area (Å²) < 4.78 is 17.8. The topological polar surface area (TPSA) is 101 Å². The van der Waals surface area contributed by atoms with Crippen molar-refractivity contribution in [3.8, 4) is 22.9 Å². The van der Waals surface area contributed by atoms with E-state index in [2.05, 4.69) is 29.6 Å². The third kappa shape index (κ3) is 7.32. The van der Waals surface area contributed by atoms with E-state index in [4.69, 9.17) is 14.2 Å². The predicted molar refractivity (Wildman–Crippen MR) is 175 cm³/mol. The maximum absolute atomic E-state index is 12.9. The molecule has 4 aromatic rings. The molecule has 0 aromatic heterocycles. The first-order valence-corrected chi connectivity index (χ1v) is 15.7. The summed E-state index contributed by atoms with van der Waals surface area (Å²) in [6.07, 6.45) is 2.56. The standard InChI is InChI=1S/C38H37N3O5/c39-21-7-12-33-24-32-14-13-31(30-15-17-34(18-16-30)40-36(42)44-26-28-8-3-1-4-9-28)25-35(32)46-38(33)19-22-41(23-20-38)37(43)45-27-29-10-5-2-6-11-29/h1-6,8-11,13-18,25,33H,7,12,19-20,22-24,26-27H2,(H,40,42). The molecule has 1 atom stereocenters. The zero-order valence-electron chi connectivity index (χ0n) is 25.7. The van der Waals surface area contributed by atoms with Crippen molar-refractivity contribution in [2.45, 2.75) is 50.9 Å². The first kappa shape index (κ1) is 30.7. The summed E-state index contributed by atoms with van der Waals surface area (Å²) in [5.41, 5.74) is 5.19. The van der Waals surface area contributed by atoms with Gasteiger partial charge in [-0.1, -0.05) is 84.9 Å². The summed E-state index contributed by atoms with van der Waals surface area (Å²) in [5.74, 6) is 1.03. The fourth-order valence-corrected chi connectivity index (χ4v) is 6.37. The molecule has 0 saturated carbocycles. The first-order chi connectivity index (χ1) is 22.5. The van der Waals surface area contributed by atoms with Crippen LogP contribution in [0.2, 0.25) is 0 Å². The van der Waals surface area contributed by atoms with Crippen LogP contribution in [0.15, 0.2) is 103 Å². The molecule has 1 spiro atoms. The summed E-state index contributed by atoms with van der Waals surface area (Å²) >= 11 is 0. The van der Waals surface area contributed by atoms with Crippen LogP contribution >= 0.6 is 0 Å². The van der Waals surface area contributed by atoms with E-state index in [1.54, 1.807) is 4.90 Å². The van der Waals surface area contributed by atoms with Gasteiger partial charge in [-0.3, -0.25) is 5.32 Å². The van der Waals surface area contributed by atoms with Crippen molar-refractivity contribution in [1.82, 2.24) is 4.90 Å². The Morgan fingerprint density at radius 2 is 1.48 bits per heavy atom. The molecule has 1 N–H and O–H groups in total. The number of nitriles is 1. The number of anilines is 1. The van der Waals surface area contributed by atoms with Crippen LogP contribution in [0.1, 0.15) is 42.4 Å². The van der Waals surface area contributed by atoms with Gasteiger partial charge in [-0.05, 0) is 58.9 Å². The molecule has 1 unspecified atom stereocenters. The van der Waals surface area contributed by atoms with Gasteiger partial charge >= 0.3 is 12.2 Å². The number of hydrogen-bond donors (Lipinski definition) is 1. The van der Waals surface area contributed by atoms with Gasteiger partial charge in [0.25, 0.3) is 0 Å². The van der Waals surface area contributed by atoms with E-state index in [-0.39, 0.29) is 25.2 Å². The minimum Gasteiger partial charge on any atom is -0.487 e. The molecular formula is C38H37N3O5. The molecular weight excluding hydrogens is 578 g/mol. The largest absolute Gasteiger partial charge is 0.487 e. The van der Waals surface area contributed by atoms with E-state index in [0.29, 0.717) is 38.0 Å². The molecule has 0 bridgehead atoms. The number of rotatable bonds is 8. The SMILES string of the molecule is N#CCCC1Cc2ccc(-c3ccc(NC(=O)OCc4ccccc4)cc3)cc2OC12CCN(C(=O)OCc1ccccc1)CC2. The van der Waals surface area contributed by atoms with E-state index in [0.717, 1.165) is 46.4 Å². The minimum absolute atomic E-state index is 0.181. The molecule has 2 aliphatic rings. The second-order valence-corrected chi connectivity index (χ2v) is 11.9. The van der Waals surface area contributed by atoms with Crippen LogP contribution in [-0.2, 0) is 29.1 Å². The Kier molecular flexibility index (Phi) is 9.49. The number of piperidine rings is 1. The second-order valence-electron chi connectivity index (χ2n) is 11.9. The fraction of sp³-hybridized carbons (Fsp3) is 0.289. The zero-order valence-corrected chi connectivity index (χ0v) is 25.7. The lowest BCUT2D eigenvalue weighted by Crippen LogP contribution is -2.55. The van der Waals surface area contributed by atoms with E-state index < -0.39 is 11.7 Å². The number of nitrogens with one attached hydrogen (secondary N) is 1. The van der Waals surface area contributed by atoms with Crippen molar-refractivity contribution in [2.75, 3.05) is 18.4 Å². The summed E-state index contributed by atoms with van der Waals surface area (Å²) in [5, 5.41) is 12.1. The van der Waals surface area contributed by atoms with Crippen molar-refractivity contribution in [3.05, 3.63) is 120 Å². The molecule has 1 saturated heterocycles. The van der Waals surface area contributed by atoms with Gasteiger partial charge in [0.2, 0.25) is 0 Å². The van der Waals surface area contributed by atoms with Crippen LogP contribution in [0.3, 0.4) is 0 Å². The molecule has 46 heavy (non-hydrogen) atoms. The highest BCUT2D eigenvalue weighted by Gasteiger charge is 2.47. The fourth-order valence-electron chi connectivity index (χ4n) is 6.37. The van der Waals surface area contributed by atoms with Crippen LogP contribution in [-0.4, -0.2) is 35.8 Å². The van der Waals surface area contributed by atoms with Crippen LogP contribution in [0, 0.1) is 17.2 Å². The quantitative estimate of drug-likeness (QED) is 0.215. The molecule has 6 rings (SSSR count). The monoisotopic (exact) mass is 615 g/mol. The summed E-state index contributed by atoms with van der Waals surface area (Å²) in [4.78, 5) is 26.9. The summed E-state index contributed by atoms with van der Waals surface area (Å²) in [6, 6.07) is 35.4. The maximum Gasteiger partial charge on any atom is 0.411 e. The normalized spacial score (nSPS) is 16.4. The Morgan fingerprint density at radius 3 is 2.13 bits per heavy atom. The highest BCUT2D eigenvalue weighted by atomic mass is 16.6. The van der Waals surface area contributed by atoms with Crippen molar-refractivity contribution < 1.29 is 23.8 Å². The first-order valence-electron chi connectivity index (χ1n) is 15.7. The van der Waals surface area contributed by atoms with Gasteiger partial charge < -0.3 is 19.1 Å². The van der Waals surface area contributed by atoms with Crippen molar-refractivity contribution >= 4 is 17.9 Å². The molecule has 4 aromatic carbocycles. The molecule has 1 fully saturated rings. The van der Waals surface area contributed by atoms with Crippen LogP contribution in [0.4, 0.5) is 15.3 Å². The predicted octanol–water partition coefficient (Wildman–Crippen LogP) is 8.13. The Labute approximate surface area is 269 Å². The number of hydrogen-bond acceptors (Lipinski definition) is 6. The van der Waals surface area contributed by atoms with Gasteiger partial charge in [-0.2, -0.15) is 5.26 Å². The molecule has 2 amide bonds. The third-order valence-electron chi connectivity index (χ3n) is 8.95. The Hall–Kier alpha value is -5.29. The lowest BCUT2D eigenvalue weighted by Gasteiger charge is -2.49. The van der Waals surface area contributed by atoms with E-state index in [1.165, 1.54) is 0 Å². The lowest BCUT2D eigenvalue weighted by atomic mass is 9.72. The zero-order chi connectivity index (χ0) is 31.8. The Bertz CT molecular complexity index is 1680. The number of benzene rings is 4. The molecule has 0 radical (unpaired) electrons. The van der Waals surface area contributed by atoms with E-state index >= 15 is 0 Å². The highest BCUT2D eigenvalue weighted by Crippen LogP contribution is 2.46. The molecule has 234 valence electrons. The van der Waals surface area contributed by atoms with Crippen molar-refractivity contribution in [3.63, 3.8) is 0 Å². The third-order valence-corrected chi connectivity index (χ3v) is 8.95. The number of carbonyl (C=O) groups is 2. The van der Waals surface area contributed by atoms with Gasteiger partial charge in [-0.25, -0.2) is 9.59 Å². The minimum atomic E-state index is -0.509. The lowest BCUT2D eigenvalue weighted by molar-refractivity contribution is -0.0568. The van der Waals surface area contributed by atoms with Gasteiger partial charge in [0.1, 0.15) is 24.6 Å². The number of likely N-dealkylation sites (tertiary alicyclic amines) is 1. The van der Waals surface area contributed by atoms with Crippen molar-refractivity contribution in [2.24, 2.45) is 5.92 Å². The Morgan fingerprint density at radius 1 is 0.848 bits per heavy atom. The van der Waals surface area contributed by atoms with Gasteiger partial charge in [0.05, 0.1) is 6.07 Å². The van der Waals surface area contributed by atoms with Crippen LogP contribution in [0.5, 0.6) is 5.75 Å². The second kappa shape index (κ2) is 14.2. The van der Waals surface area contributed by atoms with Gasteiger partial charge in [-0.15, -0.1) is 0 Å². The van der Waals surface area contributed by atoms with Crippen LogP contribution < -0.4 is 10.1 Å². The van der Waals surface area contributed by atoms with Gasteiger partial charge in [0.15, 0.2) is 0 Å². The number of amides is 2. The molecule has 0 aliphatic carbocycles. The smallest absolute Gasteiger partial charge is 0.411 e. The molecule has 8 heteroatoms. The highest BCUT2D eigenvalue weighted by molar-refractivity contribution is 5.85. The summed E-state index contributed by atoms with van der Waals surface area (Å²) in [7, 11) is 0. The molecule has 8 nitrogen and oxygen atoms in total. The van der Waals surface area contributed by atoms with E-state index in [9.17, 15) is 14.9 Å². The van der Waals surface area contributed by atoms with Crippen LogP contribution in [0.25, 0.3) is 11.1 Å². The van der Waals surface area contributed by atoms with Crippen molar-refractivity contribution in [1.29, 1.82) is 5.26 Å².